The molecule has 0 radical (unpaired) electrons. The minimum atomic E-state index is -4.72. The molecule has 11 heteroatoms. The Kier molecular flexibility index (Phi) is 4.07. The van der Waals surface area contributed by atoms with Crippen molar-refractivity contribution in [1.29, 1.82) is 0 Å². The number of carbonyl (C=O) groups is 1. The van der Waals surface area contributed by atoms with Crippen molar-refractivity contribution in [2.24, 2.45) is 7.05 Å². The maximum atomic E-state index is 13.6. The number of para-hydroxylation sites is 2. The van der Waals surface area contributed by atoms with E-state index in [2.05, 4.69) is 20.4 Å². The van der Waals surface area contributed by atoms with Crippen molar-refractivity contribution in [1.82, 2.24) is 24.1 Å². The number of aryl methyl sites for hydroxylation is 1. The Morgan fingerprint density at radius 1 is 1.13 bits per heavy atom. The number of imidazole rings is 1. The van der Waals surface area contributed by atoms with Crippen LogP contribution in [0.2, 0.25) is 0 Å². The molecule has 0 aliphatic heterocycles. The van der Waals surface area contributed by atoms with Crippen molar-refractivity contribution in [2.75, 3.05) is 5.32 Å². The number of furan rings is 1. The Labute approximate surface area is 171 Å². The molecule has 156 valence electrons. The Hall–Kier alpha value is -4.15. The van der Waals surface area contributed by atoms with Gasteiger partial charge in [-0.1, -0.05) is 12.1 Å². The van der Waals surface area contributed by atoms with Gasteiger partial charge in [-0.25, -0.2) is 14.5 Å². The van der Waals surface area contributed by atoms with Gasteiger partial charge in [0, 0.05) is 7.05 Å². The van der Waals surface area contributed by atoms with Crippen LogP contribution in [0.5, 0.6) is 0 Å². The fourth-order valence-corrected chi connectivity index (χ4v) is 3.30. The fourth-order valence-electron chi connectivity index (χ4n) is 3.30. The van der Waals surface area contributed by atoms with Crippen LogP contribution in [0.15, 0.2) is 59.3 Å². The van der Waals surface area contributed by atoms with Crippen molar-refractivity contribution in [3.8, 4) is 11.5 Å². The number of carbonyl (C=O) groups excluding carboxylic acids is 1. The lowest BCUT2D eigenvalue weighted by molar-refractivity contribution is -0.142. The van der Waals surface area contributed by atoms with E-state index >= 15 is 0 Å². The van der Waals surface area contributed by atoms with Crippen LogP contribution in [0.1, 0.15) is 16.1 Å². The van der Waals surface area contributed by atoms with Crippen LogP contribution in [-0.2, 0) is 13.2 Å². The Morgan fingerprint density at radius 2 is 1.94 bits per heavy atom. The van der Waals surface area contributed by atoms with E-state index in [9.17, 15) is 18.0 Å². The van der Waals surface area contributed by atoms with Gasteiger partial charge < -0.3 is 8.98 Å². The Balaban J connectivity index is 1.62. The highest BCUT2D eigenvalue weighted by Gasteiger charge is 2.36. The summed E-state index contributed by atoms with van der Waals surface area (Å²) in [6, 6.07) is 11.1. The average molecular weight is 426 g/mol. The van der Waals surface area contributed by atoms with Crippen LogP contribution in [-0.4, -0.2) is 30.1 Å². The highest BCUT2D eigenvalue weighted by Crippen LogP contribution is 2.33. The second-order valence-electron chi connectivity index (χ2n) is 6.73. The topological polar surface area (TPSA) is 90.2 Å². The van der Waals surface area contributed by atoms with E-state index in [1.807, 2.05) is 18.2 Å². The van der Waals surface area contributed by atoms with Crippen LogP contribution in [0.4, 0.5) is 19.1 Å². The number of alkyl halides is 3. The van der Waals surface area contributed by atoms with Crippen molar-refractivity contribution in [3.63, 3.8) is 0 Å². The summed E-state index contributed by atoms with van der Waals surface area (Å²) in [5.41, 5.74) is -0.0794. The third kappa shape index (κ3) is 3.10. The lowest BCUT2D eigenvalue weighted by atomic mass is 10.2. The predicted molar refractivity (Wildman–Crippen MR) is 104 cm³/mol. The molecule has 0 saturated carbocycles. The number of amides is 1. The molecule has 0 fully saturated rings. The number of nitrogens with zero attached hydrogens (tertiary/aromatic N) is 5. The van der Waals surface area contributed by atoms with Gasteiger partial charge in [0.25, 0.3) is 5.91 Å². The average Bonchev–Trinajstić information content (AvgIpc) is 3.46. The van der Waals surface area contributed by atoms with E-state index in [-0.39, 0.29) is 28.6 Å². The van der Waals surface area contributed by atoms with E-state index in [1.54, 1.807) is 17.7 Å². The molecule has 5 rings (SSSR count). The van der Waals surface area contributed by atoms with Gasteiger partial charge in [-0.3, -0.25) is 10.1 Å². The molecule has 31 heavy (non-hydrogen) atoms. The number of hydrogen-bond donors (Lipinski definition) is 1. The smallest absolute Gasteiger partial charge is 0.433 e. The summed E-state index contributed by atoms with van der Waals surface area (Å²) in [7, 11) is 1.72. The van der Waals surface area contributed by atoms with Gasteiger partial charge in [-0.15, -0.1) is 0 Å². The zero-order chi connectivity index (χ0) is 21.8. The highest BCUT2D eigenvalue weighted by molar-refractivity contribution is 6.08. The molecule has 5 aromatic rings. The van der Waals surface area contributed by atoms with Crippen LogP contribution in [0, 0.1) is 0 Å². The first-order chi connectivity index (χ1) is 14.8. The second-order valence-corrected chi connectivity index (χ2v) is 6.73. The fraction of sp³-hybridized carbons (Fsp3) is 0.100. The van der Waals surface area contributed by atoms with Crippen molar-refractivity contribution < 1.29 is 22.4 Å². The zero-order valence-corrected chi connectivity index (χ0v) is 15.9. The SMILES string of the molecule is Cn1c(NC(=O)c2cnn3c(C(F)(F)F)cc(-c4ccco4)nc23)nc2ccccc21. The molecule has 4 heterocycles. The van der Waals surface area contributed by atoms with Gasteiger partial charge in [0.2, 0.25) is 5.95 Å². The summed E-state index contributed by atoms with van der Waals surface area (Å²) in [6.45, 7) is 0. The van der Waals surface area contributed by atoms with Crippen LogP contribution >= 0.6 is 0 Å². The molecule has 8 nitrogen and oxygen atoms in total. The normalized spacial score (nSPS) is 12.0. The third-order valence-electron chi connectivity index (χ3n) is 4.79. The molecular formula is C20H13F3N6O2. The molecule has 4 aromatic heterocycles. The monoisotopic (exact) mass is 426 g/mol. The number of benzene rings is 1. The minimum Gasteiger partial charge on any atom is -0.463 e. The standard InChI is InChI=1S/C20H13F3N6O2/c1-28-14-6-3-2-5-12(14)26-19(28)27-18(30)11-10-24-29-16(20(21,22)23)9-13(25-17(11)29)15-7-4-8-31-15/h2-10H,1H3,(H,26,27,30). The third-order valence-corrected chi connectivity index (χ3v) is 4.79. The van der Waals surface area contributed by atoms with Gasteiger partial charge in [0.15, 0.2) is 17.1 Å². The summed E-state index contributed by atoms with van der Waals surface area (Å²) in [4.78, 5) is 21.5. The molecule has 0 unspecified atom stereocenters. The molecule has 1 N–H and O–H groups in total. The molecular weight excluding hydrogens is 413 g/mol. The summed E-state index contributed by atoms with van der Waals surface area (Å²) in [5, 5.41) is 6.37. The van der Waals surface area contributed by atoms with Gasteiger partial charge in [-0.2, -0.15) is 18.3 Å². The van der Waals surface area contributed by atoms with Crippen molar-refractivity contribution in [2.45, 2.75) is 6.18 Å². The van der Waals surface area contributed by atoms with Crippen LogP contribution < -0.4 is 5.32 Å². The molecule has 0 spiro atoms. The summed E-state index contributed by atoms with van der Waals surface area (Å²) in [6.07, 6.45) is -2.36. The Bertz CT molecular complexity index is 1430. The molecule has 0 atom stereocenters. The van der Waals surface area contributed by atoms with Crippen molar-refractivity contribution in [3.05, 3.63) is 66.2 Å². The molecule has 1 aromatic carbocycles. The molecule has 0 aliphatic carbocycles. The van der Waals surface area contributed by atoms with E-state index in [0.29, 0.717) is 10.0 Å². The highest BCUT2D eigenvalue weighted by atomic mass is 19.4. The van der Waals surface area contributed by atoms with E-state index in [4.69, 9.17) is 4.42 Å². The van der Waals surface area contributed by atoms with E-state index in [1.165, 1.54) is 18.4 Å². The van der Waals surface area contributed by atoms with Crippen LogP contribution in [0.25, 0.3) is 28.1 Å². The zero-order valence-electron chi connectivity index (χ0n) is 15.9. The number of anilines is 1. The first-order valence-electron chi connectivity index (χ1n) is 9.05. The molecule has 0 aliphatic rings. The second kappa shape index (κ2) is 6.69. The minimum absolute atomic E-state index is 0.0675. The quantitative estimate of drug-likeness (QED) is 0.468. The lowest BCUT2D eigenvalue weighted by Crippen LogP contribution is -2.17. The number of fused-ring (bicyclic) bond motifs is 2. The summed E-state index contributed by atoms with van der Waals surface area (Å²) in [5.74, 6) is -0.315. The number of hydrogen-bond acceptors (Lipinski definition) is 5. The predicted octanol–water partition coefficient (Wildman–Crippen LogP) is 4.15. The van der Waals surface area contributed by atoms with Crippen molar-refractivity contribution >= 4 is 28.5 Å². The summed E-state index contributed by atoms with van der Waals surface area (Å²) >= 11 is 0. The van der Waals surface area contributed by atoms with E-state index < -0.39 is 17.8 Å². The van der Waals surface area contributed by atoms with Crippen LogP contribution in [0.3, 0.4) is 0 Å². The lowest BCUT2D eigenvalue weighted by Gasteiger charge is -2.10. The van der Waals surface area contributed by atoms with Gasteiger partial charge in [-0.05, 0) is 30.3 Å². The van der Waals surface area contributed by atoms with Gasteiger partial charge in [0.1, 0.15) is 11.3 Å². The largest absolute Gasteiger partial charge is 0.463 e. The van der Waals surface area contributed by atoms with Gasteiger partial charge in [0.05, 0.1) is 23.5 Å². The molecule has 1 amide bonds. The first kappa shape index (κ1) is 18.9. The number of rotatable bonds is 3. The number of aromatic nitrogens is 5. The van der Waals surface area contributed by atoms with Gasteiger partial charge >= 0.3 is 6.18 Å². The summed E-state index contributed by atoms with van der Waals surface area (Å²) < 4.78 is 48.4. The maximum absolute atomic E-state index is 13.6. The Morgan fingerprint density at radius 3 is 2.65 bits per heavy atom. The first-order valence-corrected chi connectivity index (χ1v) is 9.05. The molecule has 0 bridgehead atoms. The number of halogens is 3. The number of nitrogens with one attached hydrogen (secondary N) is 1. The van der Waals surface area contributed by atoms with E-state index in [0.717, 1.165) is 17.8 Å². The molecule has 0 saturated heterocycles. The maximum Gasteiger partial charge on any atom is 0.433 e.